The van der Waals surface area contributed by atoms with Crippen molar-refractivity contribution in [2.24, 2.45) is 5.92 Å². The van der Waals surface area contributed by atoms with E-state index in [4.69, 9.17) is 5.11 Å². The SMILES string of the molecule is CCC(Cc1ccc(S(C)(=O)=O)cc1)C(=O)O. The molecule has 0 aliphatic heterocycles. The number of benzene rings is 1. The Balaban J connectivity index is 2.85. The van der Waals surface area contributed by atoms with E-state index in [2.05, 4.69) is 0 Å². The third kappa shape index (κ3) is 3.85. The lowest BCUT2D eigenvalue weighted by molar-refractivity contribution is -0.141. The van der Waals surface area contributed by atoms with Gasteiger partial charge in [0.05, 0.1) is 10.8 Å². The molecule has 1 rings (SSSR count). The molecule has 0 bridgehead atoms. The summed E-state index contributed by atoms with van der Waals surface area (Å²) in [5.41, 5.74) is 0.839. The summed E-state index contributed by atoms with van der Waals surface area (Å²) in [7, 11) is -3.19. The monoisotopic (exact) mass is 256 g/mol. The summed E-state index contributed by atoms with van der Waals surface area (Å²) >= 11 is 0. The molecule has 1 aromatic rings. The molecule has 5 heteroatoms. The van der Waals surface area contributed by atoms with Gasteiger partial charge in [-0.15, -0.1) is 0 Å². The topological polar surface area (TPSA) is 71.4 Å². The maximum absolute atomic E-state index is 11.2. The number of hydrogen-bond donors (Lipinski definition) is 1. The van der Waals surface area contributed by atoms with Crippen molar-refractivity contribution in [3.63, 3.8) is 0 Å². The van der Waals surface area contributed by atoms with Gasteiger partial charge >= 0.3 is 5.97 Å². The van der Waals surface area contributed by atoms with Gasteiger partial charge in [-0.1, -0.05) is 19.1 Å². The molecule has 0 saturated heterocycles. The summed E-state index contributed by atoms with van der Waals surface area (Å²) in [6.07, 6.45) is 2.13. The zero-order valence-electron chi connectivity index (χ0n) is 9.88. The Bertz CT molecular complexity index is 488. The first kappa shape index (κ1) is 13.7. The molecule has 0 saturated carbocycles. The molecule has 1 aromatic carbocycles. The number of hydrogen-bond acceptors (Lipinski definition) is 3. The number of carboxylic acids is 1. The van der Waals surface area contributed by atoms with E-state index in [1.807, 2.05) is 6.92 Å². The minimum Gasteiger partial charge on any atom is -0.481 e. The van der Waals surface area contributed by atoms with Crippen molar-refractivity contribution in [1.82, 2.24) is 0 Å². The van der Waals surface area contributed by atoms with Crippen molar-refractivity contribution in [2.45, 2.75) is 24.7 Å². The lowest BCUT2D eigenvalue weighted by Crippen LogP contribution is -2.15. The number of carbonyl (C=O) groups is 1. The average Bonchev–Trinajstić information content (AvgIpc) is 2.25. The highest BCUT2D eigenvalue weighted by Gasteiger charge is 2.15. The van der Waals surface area contributed by atoms with Crippen molar-refractivity contribution < 1.29 is 18.3 Å². The van der Waals surface area contributed by atoms with Gasteiger partial charge < -0.3 is 5.11 Å². The smallest absolute Gasteiger partial charge is 0.306 e. The van der Waals surface area contributed by atoms with Gasteiger partial charge in [-0.25, -0.2) is 8.42 Å². The first-order chi connectivity index (χ1) is 7.84. The average molecular weight is 256 g/mol. The van der Waals surface area contributed by atoms with Crippen molar-refractivity contribution in [3.05, 3.63) is 29.8 Å². The van der Waals surface area contributed by atoms with E-state index in [0.29, 0.717) is 12.8 Å². The summed E-state index contributed by atoms with van der Waals surface area (Å²) < 4.78 is 22.5. The molecular weight excluding hydrogens is 240 g/mol. The Morgan fingerprint density at radius 1 is 1.29 bits per heavy atom. The van der Waals surface area contributed by atoms with Crippen LogP contribution in [0.3, 0.4) is 0 Å². The maximum atomic E-state index is 11.2. The van der Waals surface area contributed by atoms with Crippen LogP contribution in [0, 0.1) is 5.92 Å². The fraction of sp³-hybridized carbons (Fsp3) is 0.417. The van der Waals surface area contributed by atoms with Crippen molar-refractivity contribution in [1.29, 1.82) is 0 Å². The van der Waals surface area contributed by atoms with Gasteiger partial charge in [-0.3, -0.25) is 4.79 Å². The molecule has 0 aliphatic carbocycles. The molecule has 0 aliphatic rings. The van der Waals surface area contributed by atoms with Gasteiger partial charge in [0.1, 0.15) is 0 Å². The molecule has 17 heavy (non-hydrogen) atoms. The summed E-state index contributed by atoms with van der Waals surface area (Å²) in [4.78, 5) is 11.1. The second kappa shape index (κ2) is 5.31. The zero-order chi connectivity index (χ0) is 13.1. The van der Waals surface area contributed by atoms with Crippen LogP contribution in [0.2, 0.25) is 0 Å². The van der Waals surface area contributed by atoms with E-state index in [1.54, 1.807) is 12.1 Å². The highest BCUT2D eigenvalue weighted by atomic mass is 32.2. The molecule has 1 N–H and O–H groups in total. The Labute approximate surface area is 101 Å². The highest BCUT2D eigenvalue weighted by molar-refractivity contribution is 7.90. The third-order valence-electron chi connectivity index (χ3n) is 2.68. The second-order valence-electron chi connectivity index (χ2n) is 4.06. The molecular formula is C12H16O4S. The Morgan fingerprint density at radius 2 is 1.82 bits per heavy atom. The standard InChI is InChI=1S/C12H16O4S/c1-3-10(12(13)14)8-9-4-6-11(7-5-9)17(2,15)16/h4-7,10H,3,8H2,1-2H3,(H,13,14). The lowest BCUT2D eigenvalue weighted by Gasteiger charge is -2.09. The van der Waals surface area contributed by atoms with Gasteiger partial charge in [0.25, 0.3) is 0 Å². The van der Waals surface area contributed by atoms with Gasteiger partial charge in [0.2, 0.25) is 0 Å². The normalized spacial score (nSPS) is 13.3. The summed E-state index contributed by atoms with van der Waals surface area (Å²) in [6, 6.07) is 6.36. The highest BCUT2D eigenvalue weighted by Crippen LogP contribution is 2.15. The largest absolute Gasteiger partial charge is 0.481 e. The predicted octanol–water partition coefficient (Wildman–Crippen LogP) is 1.74. The summed E-state index contributed by atoms with van der Waals surface area (Å²) in [6.45, 7) is 1.82. The van der Waals surface area contributed by atoms with E-state index < -0.39 is 21.7 Å². The fourth-order valence-corrected chi connectivity index (χ4v) is 2.19. The maximum Gasteiger partial charge on any atom is 0.306 e. The molecule has 0 aromatic heterocycles. The van der Waals surface area contributed by atoms with Crippen LogP contribution in [0.25, 0.3) is 0 Å². The van der Waals surface area contributed by atoms with Gasteiger partial charge in [-0.2, -0.15) is 0 Å². The number of rotatable bonds is 5. The quantitative estimate of drug-likeness (QED) is 0.871. The molecule has 4 nitrogen and oxygen atoms in total. The first-order valence-electron chi connectivity index (χ1n) is 5.36. The van der Waals surface area contributed by atoms with Crippen LogP contribution < -0.4 is 0 Å². The first-order valence-corrected chi connectivity index (χ1v) is 7.25. The summed E-state index contributed by atoms with van der Waals surface area (Å²) in [5, 5.41) is 8.92. The number of carboxylic acid groups (broad SMARTS) is 1. The molecule has 0 heterocycles. The molecule has 0 amide bonds. The number of aliphatic carboxylic acids is 1. The van der Waals surface area contributed by atoms with Crippen molar-refractivity contribution >= 4 is 15.8 Å². The van der Waals surface area contributed by atoms with E-state index in [0.717, 1.165) is 11.8 Å². The van der Waals surface area contributed by atoms with E-state index in [-0.39, 0.29) is 4.90 Å². The van der Waals surface area contributed by atoms with Crippen LogP contribution in [0.5, 0.6) is 0 Å². The fourth-order valence-electron chi connectivity index (χ4n) is 1.56. The van der Waals surface area contributed by atoms with Crippen LogP contribution >= 0.6 is 0 Å². The van der Waals surface area contributed by atoms with Crippen LogP contribution in [-0.2, 0) is 21.1 Å². The van der Waals surface area contributed by atoms with E-state index in [9.17, 15) is 13.2 Å². The van der Waals surface area contributed by atoms with Crippen LogP contribution in [0.4, 0.5) is 0 Å². The van der Waals surface area contributed by atoms with Crippen LogP contribution in [-0.4, -0.2) is 25.7 Å². The van der Waals surface area contributed by atoms with E-state index in [1.165, 1.54) is 12.1 Å². The number of sulfone groups is 1. The minimum atomic E-state index is -3.19. The molecule has 1 atom stereocenters. The molecule has 0 radical (unpaired) electrons. The zero-order valence-corrected chi connectivity index (χ0v) is 10.7. The predicted molar refractivity (Wildman–Crippen MR) is 64.7 cm³/mol. The van der Waals surface area contributed by atoms with Gasteiger partial charge in [-0.05, 0) is 30.5 Å². The summed E-state index contributed by atoms with van der Waals surface area (Å²) in [5.74, 6) is -1.24. The third-order valence-corrected chi connectivity index (χ3v) is 3.80. The Morgan fingerprint density at radius 3 is 2.18 bits per heavy atom. The lowest BCUT2D eigenvalue weighted by atomic mass is 9.97. The van der Waals surface area contributed by atoms with Crippen molar-refractivity contribution in [3.8, 4) is 0 Å². The Hall–Kier alpha value is -1.36. The van der Waals surface area contributed by atoms with Gasteiger partial charge in [0.15, 0.2) is 9.84 Å². The van der Waals surface area contributed by atoms with E-state index >= 15 is 0 Å². The molecule has 94 valence electrons. The van der Waals surface area contributed by atoms with Gasteiger partial charge in [0, 0.05) is 6.26 Å². The molecule has 1 unspecified atom stereocenters. The molecule has 0 fully saturated rings. The molecule has 0 spiro atoms. The Kier molecular flexibility index (Phi) is 4.28. The van der Waals surface area contributed by atoms with Crippen LogP contribution in [0.15, 0.2) is 29.2 Å². The van der Waals surface area contributed by atoms with Crippen molar-refractivity contribution in [2.75, 3.05) is 6.26 Å². The van der Waals surface area contributed by atoms with Crippen LogP contribution in [0.1, 0.15) is 18.9 Å². The minimum absolute atomic E-state index is 0.254. The second-order valence-corrected chi connectivity index (χ2v) is 6.08.